The zero-order chi connectivity index (χ0) is 23.4. The van der Waals surface area contributed by atoms with Crippen molar-refractivity contribution in [3.63, 3.8) is 0 Å². The molecular weight excluding hydrogens is 428 g/mol. The average Bonchev–Trinajstić information content (AvgIpc) is 2.81. The highest BCUT2D eigenvalue weighted by Gasteiger charge is 2.47. The molecule has 182 valence electrons. The van der Waals surface area contributed by atoms with Crippen LogP contribution in [0.15, 0.2) is 30.3 Å². The fraction of sp³-hybridized carbons (Fsp3) is 0.714. The molecule has 1 aromatic rings. The van der Waals surface area contributed by atoms with Crippen LogP contribution >= 0.6 is 0 Å². The third-order valence-corrected chi connectivity index (χ3v) is 5.78. The second-order valence-electron chi connectivity index (χ2n) is 7.99. The predicted octanol–water partition coefficient (Wildman–Crippen LogP) is -2.22. The third-order valence-electron chi connectivity index (χ3n) is 5.78. The van der Waals surface area contributed by atoms with Crippen LogP contribution in [-0.4, -0.2) is 110 Å². The SMILES string of the molecule is CCC(O[C@@H]1O[C@H](CO[C@@H]2O[C@H](CO)[C@@H](O)[C@H](O)[C@H]2O)[C@@H](O)[C@H](O)[C@H]1O)c1ccccc1. The maximum absolute atomic E-state index is 10.4. The highest BCUT2D eigenvalue weighted by Crippen LogP contribution is 2.30. The summed E-state index contributed by atoms with van der Waals surface area (Å²) in [6.45, 7) is 0.861. The number of rotatable bonds is 8. The van der Waals surface area contributed by atoms with Crippen LogP contribution in [0.25, 0.3) is 0 Å². The van der Waals surface area contributed by atoms with Crippen LogP contribution in [-0.2, 0) is 18.9 Å². The summed E-state index contributed by atoms with van der Waals surface area (Å²) in [6.07, 6.45) is -14.4. The monoisotopic (exact) mass is 460 g/mol. The number of hydrogen-bond donors (Lipinski definition) is 7. The van der Waals surface area contributed by atoms with Crippen molar-refractivity contribution in [2.75, 3.05) is 13.2 Å². The van der Waals surface area contributed by atoms with E-state index in [4.69, 9.17) is 18.9 Å². The fourth-order valence-corrected chi connectivity index (χ4v) is 3.80. The summed E-state index contributed by atoms with van der Waals surface area (Å²) in [5.74, 6) is 0. The van der Waals surface area contributed by atoms with Gasteiger partial charge >= 0.3 is 0 Å². The molecule has 32 heavy (non-hydrogen) atoms. The third kappa shape index (κ3) is 5.46. The summed E-state index contributed by atoms with van der Waals surface area (Å²) < 4.78 is 22.2. The second kappa shape index (κ2) is 11.3. The molecule has 1 aromatic carbocycles. The Balaban J connectivity index is 1.65. The molecule has 0 radical (unpaired) electrons. The first-order valence-corrected chi connectivity index (χ1v) is 10.6. The van der Waals surface area contributed by atoms with Gasteiger partial charge in [-0.15, -0.1) is 0 Å². The zero-order valence-electron chi connectivity index (χ0n) is 17.6. The van der Waals surface area contributed by atoms with Crippen molar-refractivity contribution < 1.29 is 54.7 Å². The van der Waals surface area contributed by atoms with Crippen LogP contribution in [0.4, 0.5) is 0 Å². The minimum absolute atomic E-state index is 0.407. The lowest BCUT2D eigenvalue weighted by Crippen LogP contribution is -2.61. The molecule has 2 saturated heterocycles. The number of ether oxygens (including phenoxy) is 4. The summed E-state index contributed by atoms with van der Waals surface area (Å²) in [7, 11) is 0. The summed E-state index contributed by atoms with van der Waals surface area (Å²) in [6, 6.07) is 9.25. The van der Waals surface area contributed by atoms with Crippen molar-refractivity contribution >= 4 is 0 Å². The Morgan fingerprint density at radius 1 is 0.781 bits per heavy atom. The van der Waals surface area contributed by atoms with Crippen molar-refractivity contribution in [1.29, 1.82) is 0 Å². The van der Waals surface area contributed by atoms with Crippen LogP contribution in [0.3, 0.4) is 0 Å². The van der Waals surface area contributed by atoms with E-state index in [1.54, 1.807) is 0 Å². The molecule has 0 spiro atoms. The van der Waals surface area contributed by atoms with Crippen LogP contribution in [0.5, 0.6) is 0 Å². The lowest BCUT2D eigenvalue weighted by atomic mass is 9.98. The second-order valence-corrected chi connectivity index (χ2v) is 7.99. The van der Waals surface area contributed by atoms with Crippen LogP contribution in [0.2, 0.25) is 0 Å². The van der Waals surface area contributed by atoms with Crippen LogP contribution < -0.4 is 0 Å². The van der Waals surface area contributed by atoms with E-state index in [0.29, 0.717) is 6.42 Å². The van der Waals surface area contributed by atoms with E-state index >= 15 is 0 Å². The minimum Gasteiger partial charge on any atom is -0.394 e. The van der Waals surface area contributed by atoms with E-state index in [1.807, 2.05) is 37.3 Å². The van der Waals surface area contributed by atoms with Crippen molar-refractivity contribution in [1.82, 2.24) is 0 Å². The Morgan fingerprint density at radius 2 is 1.34 bits per heavy atom. The van der Waals surface area contributed by atoms with Gasteiger partial charge in [0.2, 0.25) is 0 Å². The standard InChI is InChI=1S/C21H32O11/c1-2-11(10-6-4-3-5-7-10)30-21-19(28)17(26)15(24)13(32-21)9-29-20-18(27)16(25)14(23)12(8-22)31-20/h3-7,11-28H,2,8-9H2,1H3/t11?,12-,13-,14-,15-,16+,17+,18-,19-,20-,21-/m1/s1. The Morgan fingerprint density at radius 3 is 1.94 bits per heavy atom. The van der Waals surface area contributed by atoms with Crippen molar-refractivity contribution in [3.8, 4) is 0 Å². The molecule has 0 bridgehead atoms. The van der Waals surface area contributed by atoms with Gasteiger partial charge < -0.3 is 54.7 Å². The van der Waals surface area contributed by atoms with Crippen molar-refractivity contribution in [2.24, 2.45) is 0 Å². The molecule has 11 heteroatoms. The Labute approximate surface area is 185 Å². The Bertz CT molecular complexity index is 690. The molecular formula is C21H32O11. The summed E-state index contributed by atoms with van der Waals surface area (Å²) in [5.41, 5.74) is 0.848. The lowest BCUT2D eigenvalue weighted by molar-refractivity contribution is -0.336. The molecule has 0 aliphatic carbocycles. The molecule has 11 atom stereocenters. The zero-order valence-corrected chi connectivity index (χ0v) is 17.6. The number of hydrogen-bond acceptors (Lipinski definition) is 11. The number of benzene rings is 1. The molecule has 0 aromatic heterocycles. The summed E-state index contributed by atoms with van der Waals surface area (Å²) in [5, 5.41) is 70.0. The molecule has 2 aliphatic heterocycles. The Kier molecular flexibility index (Phi) is 8.95. The van der Waals surface area contributed by atoms with Crippen molar-refractivity contribution in [3.05, 3.63) is 35.9 Å². The predicted molar refractivity (Wildman–Crippen MR) is 107 cm³/mol. The van der Waals surface area contributed by atoms with Gasteiger partial charge in [-0.25, -0.2) is 0 Å². The summed E-state index contributed by atoms with van der Waals surface area (Å²) >= 11 is 0. The molecule has 2 aliphatic rings. The van der Waals surface area contributed by atoms with E-state index < -0.39 is 80.7 Å². The number of aliphatic hydroxyl groups excluding tert-OH is 7. The van der Waals surface area contributed by atoms with Gasteiger partial charge in [0, 0.05) is 0 Å². The first-order valence-electron chi connectivity index (χ1n) is 10.6. The highest BCUT2D eigenvalue weighted by atomic mass is 16.7. The van der Waals surface area contributed by atoms with Gasteiger partial charge in [-0.1, -0.05) is 37.3 Å². The fourth-order valence-electron chi connectivity index (χ4n) is 3.80. The van der Waals surface area contributed by atoms with E-state index in [9.17, 15) is 35.7 Å². The molecule has 3 rings (SSSR count). The van der Waals surface area contributed by atoms with E-state index in [-0.39, 0.29) is 0 Å². The molecule has 11 nitrogen and oxygen atoms in total. The lowest BCUT2D eigenvalue weighted by Gasteiger charge is -2.43. The van der Waals surface area contributed by atoms with Gasteiger partial charge in [0.25, 0.3) is 0 Å². The average molecular weight is 460 g/mol. The highest BCUT2D eigenvalue weighted by molar-refractivity contribution is 5.17. The van der Waals surface area contributed by atoms with E-state index in [1.165, 1.54) is 0 Å². The van der Waals surface area contributed by atoms with E-state index in [0.717, 1.165) is 5.56 Å². The van der Waals surface area contributed by atoms with Crippen LogP contribution in [0.1, 0.15) is 25.0 Å². The normalized spacial score (nSPS) is 41.4. The Hall–Kier alpha value is -1.22. The largest absolute Gasteiger partial charge is 0.394 e. The van der Waals surface area contributed by atoms with E-state index in [2.05, 4.69) is 0 Å². The first kappa shape index (κ1) is 25.4. The van der Waals surface area contributed by atoms with Gasteiger partial charge in [0.15, 0.2) is 12.6 Å². The van der Waals surface area contributed by atoms with Crippen molar-refractivity contribution in [2.45, 2.75) is 80.9 Å². The number of aliphatic hydroxyl groups is 7. The molecule has 2 fully saturated rings. The topological polar surface area (TPSA) is 179 Å². The van der Waals surface area contributed by atoms with Gasteiger partial charge in [0.05, 0.1) is 19.3 Å². The smallest absolute Gasteiger partial charge is 0.187 e. The van der Waals surface area contributed by atoms with Crippen LogP contribution in [0, 0.1) is 0 Å². The maximum Gasteiger partial charge on any atom is 0.187 e. The molecule has 2 heterocycles. The molecule has 1 unspecified atom stereocenters. The minimum atomic E-state index is -1.63. The molecule has 7 N–H and O–H groups in total. The molecule has 0 saturated carbocycles. The quantitative estimate of drug-likeness (QED) is 0.223. The first-order chi connectivity index (χ1) is 15.3. The van der Waals surface area contributed by atoms with Gasteiger partial charge in [-0.2, -0.15) is 0 Å². The summed E-state index contributed by atoms with van der Waals surface area (Å²) in [4.78, 5) is 0. The van der Waals surface area contributed by atoms with Gasteiger partial charge in [-0.05, 0) is 12.0 Å². The van der Waals surface area contributed by atoms with Gasteiger partial charge in [-0.3, -0.25) is 0 Å². The van der Waals surface area contributed by atoms with Gasteiger partial charge in [0.1, 0.15) is 48.8 Å². The molecule has 0 amide bonds. The maximum atomic E-state index is 10.4.